The summed E-state index contributed by atoms with van der Waals surface area (Å²) >= 11 is 11.0. The minimum absolute atomic E-state index is 0.165. The summed E-state index contributed by atoms with van der Waals surface area (Å²) in [5.74, 6) is 0.376. The van der Waals surface area contributed by atoms with Crippen LogP contribution in [0.25, 0.3) is 5.78 Å². The molecule has 0 bridgehead atoms. The maximum atomic E-state index is 12.5. The van der Waals surface area contributed by atoms with E-state index >= 15 is 0 Å². The van der Waals surface area contributed by atoms with Gasteiger partial charge in [-0.3, -0.25) is 4.79 Å². The number of rotatable bonds is 4. The largest absolute Gasteiger partial charge is 0.324 e. The molecule has 0 unspecified atom stereocenters. The summed E-state index contributed by atoms with van der Waals surface area (Å²) in [6, 6.07) is 5.32. The van der Waals surface area contributed by atoms with Crippen LogP contribution in [0.4, 0.5) is 5.69 Å². The van der Waals surface area contributed by atoms with Gasteiger partial charge in [0, 0.05) is 21.4 Å². The number of benzene rings is 1. The SMILES string of the molecule is CSc1nc2nc(C)c(CC(=O)Nc3ccc(Br)cc3Cl)c(C)n2n1. The Labute approximate surface area is 162 Å². The lowest BCUT2D eigenvalue weighted by Crippen LogP contribution is -2.18. The van der Waals surface area contributed by atoms with Crippen LogP contribution in [-0.2, 0) is 11.2 Å². The second-order valence-electron chi connectivity index (χ2n) is 5.42. The Morgan fingerprint density at radius 1 is 1.36 bits per heavy atom. The van der Waals surface area contributed by atoms with Crippen LogP contribution in [0.2, 0.25) is 5.02 Å². The molecule has 25 heavy (non-hydrogen) atoms. The zero-order valence-electron chi connectivity index (χ0n) is 13.8. The lowest BCUT2D eigenvalue weighted by molar-refractivity contribution is -0.115. The van der Waals surface area contributed by atoms with Crippen molar-refractivity contribution in [3.63, 3.8) is 0 Å². The molecule has 3 aromatic rings. The lowest BCUT2D eigenvalue weighted by atomic mass is 10.1. The molecule has 9 heteroatoms. The van der Waals surface area contributed by atoms with Gasteiger partial charge in [0.1, 0.15) is 0 Å². The van der Waals surface area contributed by atoms with Crippen LogP contribution >= 0.6 is 39.3 Å². The highest BCUT2D eigenvalue weighted by molar-refractivity contribution is 9.10. The molecule has 2 aromatic heterocycles. The van der Waals surface area contributed by atoms with E-state index in [1.807, 2.05) is 26.2 Å². The van der Waals surface area contributed by atoms with E-state index in [1.54, 1.807) is 16.6 Å². The average Bonchev–Trinajstić information content (AvgIpc) is 2.97. The van der Waals surface area contributed by atoms with Crippen LogP contribution in [0.5, 0.6) is 0 Å². The summed E-state index contributed by atoms with van der Waals surface area (Å²) in [5, 5.41) is 8.36. The van der Waals surface area contributed by atoms with Crippen LogP contribution in [-0.4, -0.2) is 31.7 Å². The fraction of sp³-hybridized carbons (Fsp3) is 0.250. The van der Waals surface area contributed by atoms with Crippen LogP contribution in [0, 0.1) is 13.8 Å². The molecule has 2 heterocycles. The molecule has 0 atom stereocenters. The number of carbonyl (C=O) groups is 1. The smallest absolute Gasteiger partial charge is 0.253 e. The number of fused-ring (bicyclic) bond motifs is 1. The number of nitrogens with one attached hydrogen (secondary N) is 1. The first-order chi connectivity index (χ1) is 11.9. The third-order valence-electron chi connectivity index (χ3n) is 3.75. The fourth-order valence-electron chi connectivity index (χ4n) is 2.48. The normalized spacial score (nSPS) is 11.1. The molecular formula is C16H15BrClN5OS. The number of aromatic nitrogens is 4. The van der Waals surface area contributed by atoms with Gasteiger partial charge in [-0.2, -0.15) is 4.98 Å². The number of hydrogen-bond donors (Lipinski definition) is 1. The van der Waals surface area contributed by atoms with Crippen molar-refractivity contribution in [2.75, 3.05) is 11.6 Å². The summed E-state index contributed by atoms with van der Waals surface area (Å²) < 4.78 is 2.53. The van der Waals surface area contributed by atoms with Crippen LogP contribution in [0.1, 0.15) is 17.0 Å². The highest BCUT2D eigenvalue weighted by Crippen LogP contribution is 2.26. The summed E-state index contributed by atoms with van der Waals surface area (Å²) in [6.07, 6.45) is 2.09. The molecule has 1 amide bonds. The van der Waals surface area contributed by atoms with E-state index in [9.17, 15) is 4.79 Å². The number of halogens is 2. The van der Waals surface area contributed by atoms with E-state index in [0.717, 1.165) is 21.4 Å². The molecule has 0 aliphatic carbocycles. The van der Waals surface area contributed by atoms with Gasteiger partial charge >= 0.3 is 0 Å². The number of hydrogen-bond acceptors (Lipinski definition) is 5. The van der Waals surface area contributed by atoms with E-state index < -0.39 is 0 Å². The molecule has 0 radical (unpaired) electrons. The van der Waals surface area contributed by atoms with Crippen LogP contribution in [0.3, 0.4) is 0 Å². The molecule has 0 aliphatic rings. The van der Waals surface area contributed by atoms with Gasteiger partial charge in [-0.05, 0) is 38.3 Å². The monoisotopic (exact) mass is 439 g/mol. The molecule has 1 aromatic carbocycles. The zero-order valence-corrected chi connectivity index (χ0v) is 17.0. The number of nitrogens with zero attached hydrogens (tertiary/aromatic N) is 4. The van der Waals surface area contributed by atoms with Gasteiger partial charge in [0.25, 0.3) is 5.78 Å². The molecule has 0 saturated heterocycles. The minimum Gasteiger partial charge on any atom is -0.324 e. The molecule has 0 fully saturated rings. The number of carbonyl (C=O) groups excluding carboxylic acids is 1. The van der Waals surface area contributed by atoms with E-state index in [4.69, 9.17) is 11.6 Å². The van der Waals surface area contributed by atoms with Gasteiger partial charge in [-0.15, -0.1) is 5.10 Å². The second-order valence-corrected chi connectivity index (χ2v) is 7.52. The highest BCUT2D eigenvalue weighted by Gasteiger charge is 2.16. The highest BCUT2D eigenvalue weighted by atomic mass is 79.9. The standard InChI is InChI=1S/C16H15BrClN5OS/c1-8-11(9(2)23-15(19-8)21-16(22-23)25-3)7-14(24)20-13-5-4-10(17)6-12(13)18/h4-6H,7H2,1-3H3,(H,20,24). The average molecular weight is 441 g/mol. The van der Waals surface area contributed by atoms with E-state index in [-0.39, 0.29) is 12.3 Å². The van der Waals surface area contributed by atoms with Crippen molar-refractivity contribution in [1.82, 2.24) is 19.6 Å². The predicted molar refractivity (Wildman–Crippen MR) is 104 cm³/mol. The van der Waals surface area contributed by atoms with Crippen molar-refractivity contribution >= 4 is 56.7 Å². The van der Waals surface area contributed by atoms with E-state index in [1.165, 1.54) is 11.8 Å². The molecule has 130 valence electrons. The van der Waals surface area contributed by atoms with Gasteiger partial charge in [0.05, 0.1) is 17.1 Å². The molecule has 1 N–H and O–H groups in total. The summed E-state index contributed by atoms with van der Waals surface area (Å²) in [6.45, 7) is 3.78. The summed E-state index contributed by atoms with van der Waals surface area (Å²) in [7, 11) is 0. The van der Waals surface area contributed by atoms with Gasteiger partial charge in [0.15, 0.2) is 0 Å². The Morgan fingerprint density at radius 3 is 2.80 bits per heavy atom. The first-order valence-electron chi connectivity index (χ1n) is 7.40. The molecular weight excluding hydrogens is 426 g/mol. The predicted octanol–water partition coefficient (Wildman–Crippen LogP) is 4.06. The zero-order chi connectivity index (χ0) is 18.1. The number of aryl methyl sites for hydroxylation is 2. The third-order valence-corrected chi connectivity index (χ3v) is 5.10. The van der Waals surface area contributed by atoms with E-state index in [0.29, 0.717) is 21.6 Å². The quantitative estimate of drug-likeness (QED) is 0.619. The third kappa shape index (κ3) is 3.80. The van der Waals surface area contributed by atoms with Crippen molar-refractivity contribution in [1.29, 1.82) is 0 Å². The number of anilines is 1. The first kappa shape index (κ1) is 18.2. The van der Waals surface area contributed by atoms with Crippen molar-refractivity contribution in [2.45, 2.75) is 25.4 Å². The van der Waals surface area contributed by atoms with Gasteiger partial charge in [-0.1, -0.05) is 39.3 Å². The van der Waals surface area contributed by atoms with Crippen molar-refractivity contribution < 1.29 is 4.79 Å². The van der Waals surface area contributed by atoms with Crippen molar-refractivity contribution in [3.8, 4) is 0 Å². The fourth-order valence-corrected chi connectivity index (χ4v) is 3.54. The van der Waals surface area contributed by atoms with Gasteiger partial charge in [0.2, 0.25) is 11.1 Å². The maximum Gasteiger partial charge on any atom is 0.253 e. The lowest BCUT2D eigenvalue weighted by Gasteiger charge is -2.11. The molecule has 0 saturated carbocycles. The number of amides is 1. The first-order valence-corrected chi connectivity index (χ1v) is 9.80. The summed E-state index contributed by atoms with van der Waals surface area (Å²) in [5.41, 5.74) is 3.02. The van der Waals surface area contributed by atoms with Gasteiger partial charge < -0.3 is 5.32 Å². The van der Waals surface area contributed by atoms with Crippen molar-refractivity contribution in [2.24, 2.45) is 0 Å². The Kier molecular flexibility index (Phi) is 5.31. The van der Waals surface area contributed by atoms with E-state index in [2.05, 4.69) is 36.3 Å². The Hall–Kier alpha value is -1.64. The minimum atomic E-state index is -0.165. The summed E-state index contributed by atoms with van der Waals surface area (Å²) in [4.78, 5) is 21.3. The molecule has 0 aliphatic heterocycles. The van der Waals surface area contributed by atoms with Gasteiger partial charge in [-0.25, -0.2) is 9.50 Å². The maximum absolute atomic E-state index is 12.5. The Morgan fingerprint density at radius 2 is 2.12 bits per heavy atom. The van der Waals surface area contributed by atoms with Crippen LogP contribution in [0.15, 0.2) is 27.8 Å². The molecule has 0 spiro atoms. The Balaban J connectivity index is 1.87. The topological polar surface area (TPSA) is 72.2 Å². The molecule has 3 rings (SSSR count). The Bertz CT molecular complexity index is 975. The number of thioether (sulfide) groups is 1. The van der Waals surface area contributed by atoms with Crippen LogP contribution < -0.4 is 5.32 Å². The van der Waals surface area contributed by atoms with Crippen molar-refractivity contribution in [3.05, 3.63) is 44.6 Å². The molecule has 6 nitrogen and oxygen atoms in total. The second kappa shape index (κ2) is 7.31.